The molecule has 0 aromatic heterocycles. The summed E-state index contributed by atoms with van der Waals surface area (Å²) < 4.78 is 5.13. The van der Waals surface area contributed by atoms with Gasteiger partial charge < -0.3 is 14.5 Å². The highest BCUT2D eigenvalue weighted by atomic mass is 16.5. The Labute approximate surface area is 137 Å². The minimum absolute atomic E-state index is 0.0853. The fraction of sp³-hybridized carbons (Fsp3) is 0.316. The number of benzene rings is 2. The van der Waals surface area contributed by atoms with Gasteiger partial charge in [0.05, 0.1) is 13.2 Å². The molecule has 4 heteroatoms. The number of hydrogen-bond donors (Lipinski definition) is 0. The number of likely N-dealkylation sites (tertiary alicyclic amines) is 1. The summed E-state index contributed by atoms with van der Waals surface area (Å²) in [5, 5.41) is 0. The van der Waals surface area contributed by atoms with Crippen LogP contribution in [0.2, 0.25) is 0 Å². The molecule has 1 heterocycles. The SMILES string of the molecule is COc1ccc(C(=O)N2CC(N(C)c3ccccc3C)C2)cc1. The zero-order valence-electron chi connectivity index (χ0n) is 13.8. The van der Waals surface area contributed by atoms with Gasteiger partial charge in [-0.3, -0.25) is 4.79 Å². The zero-order chi connectivity index (χ0) is 16.4. The topological polar surface area (TPSA) is 32.8 Å². The summed E-state index contributed by atoms with van der Waals surface area (Å²) in [4.78, 5) is 16.6. The lowest BCUT2D eigenvalue weighted by Gasteiger charge is -2.45. The smallest absolute Gasteiger partial charge is 0.254 e. The van der Waals surface area contributed by atoms with Crippen LogP contribution in [0.5, 0.6) is 5.75 Å². The highest BCUT2D eigenvalue weighted by Gasteiger charge is 2.34. The molecule has 0 spiro atoms. The highest BCUT2D eigenvalue weighted by molar-refractivity contribution is 5.95. The molecule has 0 N–H and O–H groups in total. The number of nitrogens with zero attached hydrogens (tertiary/aromatic N) is 2. The van der Waals surface area contributed by atoms with E-state index in [2.05, 4.69) is 37.1 Å². The number of anilines is 1. The Morgan fingerprint density at radius 3 is 2.39 bits per heavy atom. The van der Waals surface area contributed by atoms with E-state index < -0.39 is 0 Å². The first-order chi connectivity index (χ1) is 11.1. The maximum Gasteiger partial charge on any atom is 0.254 e. The van der Waals surface area contributed by atoms with Gasteiger partial charge in [-0.2, -0.15) is 0 Å². The second-order valence-corrected chi connectivity index (χ2v) is 5.99. The summed E-state index contributed by atoms with van der Waals surface area (Å²) in [6.07, 6.45) is 0. The van der Waals surface area contributed by atoms with Crippen LogP contribution in [0.15, 0.2) is 48.5 Å². The number of para-hydroxylation sites is 1. The molecule has 1 aliphatic heterocycles. The molecule has 2 aromatic carbocycles. The lowest BCUT2D eigenvalue weighted by Crippen LogP contribution is -2.60. The number of aryl methyl sites for hydroxylation is 1. The van der Waals surface area contributed by atoms with E-state index in [-0.39, 0.29) is 5.91 Å². The number of hydrogen-bond acceptors (Lipinski definition) is 3. The number of amides is 1. The Kier molecular flexibility index (Phi) is 4.24. The van der Waals surface area contributed by atoms with Crippen molar-refractivity contribution < 1.29 is 9.53 Å². The first-order valence-corrected chi connectivity index (χ1v) is 7.82. The number of methoxy groups -OCH3 is 1. The van der Waals surface area contributed by atoms with Gasteiger partial charge in [0.2, 0.25) is 0 Å². The van der Waals surface area contributed by atoms with E-state index in [4.69, 9.17) is 4.74 Å². The van der Waals surface area contributed by atoms with E-state index in [9.17, 15) is 4.79 Å². The molecule has 4 nitrogen and oxygen atoms in total. The summed E-state index contributed by atoms with van der Waals surface area (Å²) in [7, 11) is 3.72. The van der Waals surface area contributed by atoms with Crippen LogP contribution in [0, 0.1) is 6.92 Å². The van der Waals surface area contributed by atoms with Crippen LogP contribution >= 0.6 is 0 Å². The molecule has 120 valence electrons. The fourth-order valence-corrected chi connectivity index (χ4v) is 2.94. The van der Waals surface area contributed by atoms with Gasteiger partial charge in [-0.05, 0) is 42.8 Å². The maximum absolute atomic E-state index is 12.5. The van der Waals surface area contributed by atoms with Crippen LogP contribution in [0.1, 0.15) is 15.9 Å². The van der Waals surface area contributed by atoms with Crippen LogP contribution < -0.4 is 9.64 Å². The van der Waals surface area contributed by atoms with Crippen molar-refractivity contribution in [3.05, 3.63) is 59.7 Å². The molecule has 0 atom stereocenters. The molecule has 0 unspecified atom stereocenters. The van der Waals surface area contributed by atoms with Crippen molar-refractivity contribution in [2.75, 3.05) is 32.1 Å². The van der Waals surface area contributed by atoms with E-state index in [1.54, 1.807) is 7.11 Å². The number of likely N-dealkylation sites (N-methyl/N-ethyl adjacent to an activating group) is 1. The number of ether oxygens (including phenoxy) is 1. The lowest BCUT2D eigenvalue weighted by molar-refractivity contribution is 0.0604. The second kappa shape index (κ2) is 6.32. The average molecular weight is 310 g/mol. The van der Waals surface area contributed by atoms with Crippen molar-refractivity contribution in [3.63, 3.8) is 0 Å². The van der Waals surface area contributed by atoms with Crippen LogP contribution in [0.4, 0.5) is 5.69 Å². The molecule has 1 amide bonds. The molecule has 3 rings (SSSR count). The van der Waals surface area contributed by atoms with E-state index >= 15 is 0 Å². The highest BCUT2D eigenvalue weighted by Crippen LogP contribution is 2.25. The standard InChI is InChI=1S/C19H22N2O2/c1-14-6-4-5-7-18(14)20(2)16-12-21(13-16)19(22)15-8-10-17(23-3)11-9-15/h4-11,16H,12-13H2,1-3H3. The van der Waals surface area contributed by atoms with Gasteiger partial charge in [0.15, 0.2) is 0 Å². The minimum atomic E-state index is 0.0853. The first kappa shape index (κ1) is 15.4. The third-order valence-electron chi connectivity index (χ3n) is 4.53. The molecular formula is C19H22N2O2. The Morgan fingerprint density at radius 1 is 1.13 bits per heavy atom. The van der Waals surface area contributed by atoms with E-state index in [1.165, 1.54) is 11.3 Å². The van der Waals surface area contributed by atoms with E-state index in [0.717, 1.165) is 18.8 Å². The zero-order valence-corrected chi connectivity index (χ0v) is 13.8. The largest absolute Gasteiger partial charge is 0.497 e. The predicted molar refractivity (Wildman–Crippen MR) is 92.3 cm³/mol. The fourth-order valence-electron chi connectivity index (χ4n) is 2.94. The average Bonchev–Trinajstić information content (AvgIpc) is 2.53. The minimum Gasteiger partial charge on any atom is -0.497 e. The molecule has 1 fully saturated rings. The van der Waals surface area contributed by atoms with Crippen molar-refractivity contribution in [1.82, 2.24) is 4.90 Å². The second-order valence-electron chi connectivity index (χ2n) is 5.99. The van der Waals surface area contributed by atoms with Gasteiger partial charge in [-0.25, -0.2) is 0 Å². The van der Waals surface area contributed by atoms with Crippen molar-refractivity contribution in [1.29, 1.82) is 0 Å². The van der Waals surface area contributed by atoms with E-state index in [0.29, 0.717) is 11.6 Å². The molecule has 1 saturated heterocycles. The number of rotatable bonds is 4. The van der Waals surface area contributed by atoms with Crippen LogP contribution in [0.25, 0.3) is 0 Å². The van der Waals surface area contributed by atoms with Crippen LogP contribution in [0.3, 0.4) is 0 Å². The molecule has 2 aromatic rings. The Bertz CT molecular complexity index is 691. The first-order valence-electron chi connectivity index (χ1n) is 7.82. The normalized spacial score (nSPS) is 14.3. The Hall–Kier alpha value is -2.49. The van der Waals surface area contributed by atoms with Crippen LogP contribution in [-0.4, -0.2) is 44.1 Å². The molecule has 0 bridgehead atoms. The Balaban J connectivity index is 1.62. The summed E-state index contributed by atoms with van der Waals surface area (Å²) in [5.74, 6) is 0.851. The summed E-state index contributed by atoms with van der Waals surface area (Å²) in [5.41, 5.74) is 3.20. The third kappa shape index (κ3) is 3.02. The molecule has 0 saturated carbocycles. The summed E-state index contributed by atoms with van der Waals surface area (Å²) >= 11 is 0. The van der Waals surface area contributed by atoms with Crippen molar-refractivity contribution in [3.8, 4) is 5.75 Å². The van der Waals surface area contributed by atoms with Gasteiger partial charge in [-0.1, -0.05) is 18.2 Å². The molecule has 0 aliphatic carbocycles. The molecule has 0 radical (unpaired) electrons. The van der Waals surface area contributed by atoms with E-state index in [1.807, 2.05) is 35.2 Å². The monoisotopic (exact) mass is 310 g/mol. The number of carbonyl (C=O) groups excluding carboxylic acids is 1. The van der Waals surface area contributed by atoms with Gasteiger partial charge in [-0.15, -0.1) is 0 Å². The molecule has 23 heavy (non-hydrogen) atoms. The lowest BCUT2D eigenvalue weighted by atomic mass is 10.0. The van der Waals surface area contributed by atoms with Crippen LogP contribution in [-0.2, 0) is 0 Å². The Morgan fingerprint density at radius 2 is 1.78 bits per heavy atom. The van der Waals surface area contributed by atoms with Gasteiger partial charge >= 0.3 is 0 Å². The predicted octanol–water partition coefficient (Wildman–Crippen LogP) is 2.96. The third-order valence-corrected chi connectivity index (χ3v) is 4.53. The summed E-state index contributed by atoms with van der Waals surface area (Å²) in [6, 6.07) is 16.0. The number of carbonyl (C=O) groups is 1. The van der Waals surface area contributed by atoms with Gasteiger partial charge in [0, 0.05) is 31.4 Å². The van der Waals surface area contributed by atoms with Gasteiger partial charge in [0.25, 0.3) is 5.91 Å². The molecule has 1 aliphatic rings. The van der Waals surface area contributed by atoms with Gasteiger partial charge in [0.1, 0.15) is 5.75 Å². The maximum atomic E-state index is 12.5. The summed E-state index contributed by atoms with van der Waals surface area (Å²) in [6.45, 7) is 3.64. The van der Waals surface area contributed by atoms with Crippen molar-refractivity contribution in [2.45, 2.75) is 13.0 Å². The quantitative estimate of drug-likeness (QED) is 0.870. The van der Waals surface area contributed by atoms with Crippen molar-refractivity contribution >= 4 is 11.6 Å². The van der Waals surface area contributed by atoms with Crippen molar-refractivity contribution in [2.24, 2.45) is 0 Å². The molecular weight excluding hydrogens is 288 g/mol.